The lowest BCUT2D eigenvalue weighted by molar-refractivity contribution is 0.110. The van der Waals surface area contributed by atoms with Crippen LogP contribution in [0.3, 0.4) is 0 Å². The number of nitrogens with one attached hydrogen (secondary N) is 1. The van der Waals surface area contributed by atoms with Gasteiger partial charge in [-0.3, -0.25) is 10.8 Å². The molecule has 3 N–H and O–H groups in total. The van der Waals surface area contributed by atoms with Crippen LogP contribution in [0.15, 0.2) is 12.1 Å². The minimum absolute atomic E-state index is 0.555. The van der Waals surface area contributed by atoms with Gasteiger partial charge in [-0.15, -0.1) is 0 Å². The van der Waals surface area contributed by atoms with E-state index in [0.717, 1.165) is 44.9 Å². The highest BCUT2D eigenvalue weighted by Crippen LogP contribution is 2.34. The van der Waals surface area contributed by atoms with Crippen LogP contribution < -0.4 is 11.3 Å². The average molecular weight is 264 g/mol. The summed E-state index contributed by atoms with van der Waals surface area (Å²) in [6.07, 6.45) is 0.811. The number of aryl methyl sites for hydroxylation is 1. The molecule has 1 aromatic carbocycles. The zero-order chi connectivity index (χ0) is 12.7. The number of anilines is 1. The molecule has 1 aliphatic heterocycles. The van der Waals surface area contributed by atoms with Gasteiger partial charge in [0, 0.05) is 22.4 Å². The molecule has 1 aromatic heterocycles. The van der Waals surface area contributed by atoms with Crippen molar-refractivity contribution in [2.45, 2.75) is 20.0 Å². The summed E-state index contributed by atoms with van der Waals surface area (Å²) in [5, 5.41) is 1.72. The minimum Gasteiger partial charge on any atom is -0.376 e. The molecule has 0 bridgehead atoms. The van der Waals surface area contributed by atoms with Gasteiger partial charge in [0.1, 0.15) is 0 Å². The Bertz CT molecular complexity index is 627. The predicted octanol–water partition coefficient (Wildman–Crippen LogP) is 2.55. The highest BCUT2D eigenvalue weighted by Gasteiger charge is 2.19. The highest BCUT2D eigenvalue weighted by atomic mass is 35.5. The summed E-state index contributed by atoms with van der Waals surface area (Å²) in [5.41, 5.74) is 7.68. The van der Waals surface area contributed by atoms with Gasteiger partial charge in [-0.05, 0) is 24.6 Å². The summed E-state index contributed by atoms with van der Waals surface area (Å²) < 4.78 is 5.48. The fourth-order valence-electron chi connectivity index (χ4n) is 2.40. The van der Waals surface area contributed by atoms with Crippen LogP contribution >= 0.6 is 11.6 Å². The maximum Gasteiger partial charge on any atom is 0.0770 e. The Morgan fingerprint density at radius 1 is 1.44 bits per heavy atom. The van der Waals surface area contributed by atoms with E-state index < -0.39 is 0 Å². The Morgan fingerprint density at radius 2 is 2.28 bits per heavy atom. The molecule has 0 saturated heterocycles. The van der Waals surface area contributed by atoms with Crippen LogP contribution in [0, 0.1) is 6.92 Å². The molecule has 0 radical (unpaired) electrons. The number of hydrogen-bond donors (Lipinski definition) is 2. The fraction of sp³-hybridized carbons (Fsp3) is 0.308. The summed E-state index contributed by atoms with van der Waals surface area (Å²) in [5.74, 6) is 5.66. The van der Waals surface area contributed by atoms with Crippen molar-refractivity contribution in [3.8, 4) is 0 Å². The second-order valence-electron chi connectivity index (χ2n) is 4.43. The number of aromatic nitrogens is 1. The molecule has 94 valence electrons. The SMILES string of the molecule is Cc1c(Cl)ccc2c(NN)c3c(nc12)CCOC3. The van der Waals surface area contributed by atoms with Gasteiger partial charge >= 0.3 is 0 Å². The average Bonchev–Trinajstić information content (AvgIpc) is 2.41. The molecule has 3 rings (SSSR count). The van der Waals surface area contributed by atoms with Gasteiger partial charge in [-0.2, -0.15) is 0 Å². The first kappa shape index (κ1) is 11.7. The van der Waals surface area contributed by atoms with E-state index in [9.17, 15) is 0 Å². The molecule has 1 aliphatic rings. The zero-order valence-electron chi connectivity index (χ0n) is 10.1. The third-order valence-corrected chi connectivity index (χ3v) is 3.81. The first-order valence-corrected chi connectivity index (χ1v) is 6.25. The van der Waals surface area contributed by atoms with E-state index in [1.807, 2.05) is 19.1 Å². The lowest BCUT2D eigenvalue weighted by Gasteiger charge is -2.21. The van der Waals surface area contributed by atoms with Crippen molar-refractivity contribution in [1.29, 1.82) is 0 Å². The molecule has 0 amide bonds. The van der Waals surface area contributed by atoms with Gasteiger partial charge in [0.2, 0.25) is 0 Å². The lowest BCUT2D eigenvalue weighted by atomic mass is 10.0. The van der Waals surface area contributed by atoms with Crippen LogP contribution in [-0.2, 0) is 17.8 Å². The summed E-state index contributed by atoms with van der Waals surface area (Å²) in [6.45, 7) is 3.23. The molecule has 2 aromatic rings. The number of nitrogens with two attached hydrogens (primary N) is 1. The molecular weight excluding hydrogens is 250 g/mol. The molecule has 0 atom stereocenters. The maximum absolute atomic E-state index is 6.15. The third-order valence-electron chi connectivity index (χ3n) is 3.41. The monoisotopic (exact) mass is 263 g/mol. The smallest absolute Gasteiger partial charge is 0.0770 e. The van der Waals surface area contributed by atoms with E-state index in [-0.39, 0.29) is 0 Å². The number of nitrogens with zero attached hydrogens (tertiary/aromatic N) is 1. The Hall–Kier alpha value is -1.36. The number of nitrogen functional groups attached to an aromatic ring is 1. The van der Waals surface area contributed by atoms with Crippen molar-refractivity contribution >= 4 is 28.2 Å². The lowest BCUT2D eigenvalue weighted by Crippen LogP contribution is -2.18. The van der Waals surface area contributed by atoms with Crippen LogP contribution in [0.25, 0.3) is 10.9 Å². The normalized spacial score (nSPS) is 14.6. The number of fused-ring (bicyclic) bond motifs is 2. The summed E-state index contributed by atoms with van der Waals surface area (Å²) >= 11 is 6.15. The number of pyridine rings is 1. The van der Waals surface area contributed by atoms with Crippen molar-refractivity contribution < 1.29 is 4.74 Å². The third kappa shape index (κ3) is 1.65. The standard InChI is InChI=1S/C13H14ClN3O/c1-7-10(14)3-2-8-12(7)16-11-4-5-18-6-9(11)13(8)17-15/h2-3H,4-6,15H2,1H3,(H,16,17). The number of ether oxygens (including phenoxy) is 1. The van der Waals surface area contributed by atoms with Crippen molar-refractivity contribution in [1.82, 2.24) is 4.98 Å². The first-order chi connectivity index (χ1) is 8.72. The van der Waals surface area contributed by atoms with Crippen molar-refractivity contribution in [2.24, 2.45) is 5.84 Å². The first-order valence-electron chi connectivity index (χ1n) is 5.87. The van der Waals surface area contributed by atoms with Gasteiger partial charge in [-0.25, -0.2) is 0 Å². The molecule has 0 spiro atoms. The summed E-state index contributed by atoms with van der Waals surface area (Å²) in [6, 6.07) is 3.82. The minimum atomic E-state index is 0.555. The molecule has 4 nitrogen and oxygen atoms in total. The van der Waals surface area contributed by atoms with Gasteiger partial charge in [0.25, 0.3) is 0 Å². The van der Waals surface area contributed by atoms with Gasteiger partial charge < -0.3 is 10.2 Å². The second kappa shape index (κ2) is 4.39. The van der Waals surface area contributed by atoms with Crippen LogP contribution in [0.4, 0.5) is 5.69 Å². The van der Waals surface area contributed by atoms with E-state index in [2.05, 4.69) is 5.43 Å². The molecule has 0 saturated carbocycles. The van der Waals surface area contributed by atoms with Crippen LogP contribution in [0.2, 0.25) is 5.02 Å². The van der Waals surface area contributed by atoms with E-state index in [4.69, 9.17) is 27.2 Å². The Labute approximate surface area is 110 Å². The van der Waals surface area contributed by atoms with E-state index in [1.54, 1.807) is 0 Å². The molecule has 0 unspecified atom stereocenters. The van der Waals surface area contributed by atoms with Crippen molar-refractivity contribution in [2.75, 3.05) is 12.0 Å². The largest absolute Gasteiger partial charge is 0.376 e. The van der Waals surface area contributed by atoms with E-state index >= 15 is 0 Å². The van der Waals surface area contributed by atoms with Crippen LogP contribution in [0.1, 0.15) is 16.8 Å². The fourth-order valence-corrected chi connectivity index (χ4v) is 2.55. The van der Waals surface area contributed by atoms with Crippen molar-refractivity contribution in [3.05, 3.63) is 34.0 Å². The number of benzene rings is 1. The van der Waals surface area contributed by atoms with Gasteiger partial charge in [-0.1, -0.05) is 11.6 Å². The second-order valence-corrected chi connectivity index (χ2v) is 4.83. The number of rotatable bonds is 1. The molecular formula is C13H14ClN3O. The van der Waals surface area contributed by atoms with Gasteiger partial charge in [0.15, 0.2) is 0 Å². The van der Waals surface area contributed by atoms with Crippen LogP contribution in [0.5, 0.6) is 0 Å². The molecule has 5 heteroatoms. The Morgan fingerprint density at radius 3 is 3.06 bits per heavy atom. The van der Waals surface area contributed by atoms with E-state index in [1.165, 1.54) is 0 Å². The molecule has 0 aliphatic carbocycles. The molecule has 0 fully saturated rings. The Kier molecular flexibility index (Phi) is 2.86. The van der Waals surface area contributed by atoms with Gasteiger partial charge in [0.05, 0.1) is 30.1 Å². The summed E-state index contributed by atoms with van der Waals surface area (Å²) in [4.78, 5) is 4.72. The number of hydrazine groups is 1. The number of hydrogen-bond acceptors (Lipinski definition) is 4. The maximum atomic E-state index is 6.15. The zero-order valence-corrected chi connectivity index (χ0v) is 10.8. The summed E-state index contributed by atoms with van der Waals surface area (Å²) in [7, 11) is 0. The molecule has 18 heavy (non-hydrogen) atoms. The molecule has 2 heterocycles. The Balaban J connectivity index is 2.40. The predicted molar refractivity (Wildman–Crippen MR) is 72.7 cm³/mol. The van der Waals surface area contributed by atoms with E-state index in [0.29, 0.717) is 13.2 Å². The quantitative estimate of drug-likeness (QED) is 0.613. The van der Waals surface area contributed by atoms with Crippen molar-refractivity contribution in [3.63, 3.8) is 0 Å². The topological polar surface area (TPSA) is 60.2 Å². The van der Waals surface area contributed by atoms with Crippen LogP contribution in [-0.4, -0.2) is 11.6 Å². The highest BCUT2D eigenvalue weighted by molar-refractivity contribution is 6.32. The number of halogens is 1.